The average Bonchev–Trinajstić information content (AvgIpc) is 2.73. The van der Waals surface area contributed by atoms with Crippen LogP contribution in [0.25, 0.3) is 11.0 Å². The molecule has 3 rings (SSSR count). The highest BCUT2D eigenvalue weighted by Gasteiger charge is 2.23. The van der Waals surface area contributed by atoms with Gasteiger partial charge in [-0.3, -0.25) is 4.79 Å². The number of hydrogen-bond donors (Lipinski definition) is 1. The van der Waals surface area contributed by atoms with Crippen molar-refractivity contribution in [2.75, 3.05) is 13.1 Å². The molecule has 2 heterocycles. The molecule has 1 aromatic heterocycles. The predicted octanol–water partition coefficient (Wildman–Crippen LogP) is 1.75. The number of aromatic nitrogens is 2. The van der Waals surface area contributed by atoms with E-state index in [2.05, 4.69) is 9.55 Å². The summed E-state index contributed by atoms with van der Waals surface area (Å²) in [5.41, 5.74) is 9.76. The van der Waals surface area contributed by atoms with Gasteiger partial charge < -0.3 is 15.2 Å². The number of nitrogens with zero attached hydrogens (tertiary/aromatic N) is 3. The molecule has 0 spiro atoms. The van der Waals surface area contributed by atoms with Gasteiger partial charge >= 0.3 is 0 Å². The molecule has 1 atom stereocenters. The van der Waals surface area contributed by atoms with Gasteiger partial charge in [0, 0.05) is 31.7 Å². The Balaban J connectivity index is 1.99. The summed E-state index contributed by atoms with van der Waals surface area (Å²) in [6.07, 6.45) is 1.98. The number of carbonyl (C=O) groups excluding carboxylic acids is 1. The zero-order valence-corrected chi connectivity index (χ0v) is 12.9. The highest BCUT2D eigenvalue weighted by atomic mass is 16.2. The van der Waals surface area contributed by atoms with Crippen LogP contribution in [0, 0.1) is 13.8 Å². The SMILES string of the molecule is Cc1cc(C(=O)N2CCC[C@@H](N)C2)cc2nc(C)n(C)c12. The van der Waals surface area contributed by atoms with Crippen molar-refractivity contribution in [1.29, 1.82) is 0 Å². The third-order valence-corrected chi connectivity index (χ3v) is 4.38. The molecule has 1 amide bonds. The van der Waals surface area contributed by atoms with Crippen molar-refractivity contribution in [1.82, 2.24) is 14.5 Å². The number of likely N-dealkylation sites (tertiary alicyclic amines) is 1. The van der Waals surface area contributed by atoms with Crippen LogP contribution in [0.5, 0.6) is 0 Å². The lowest BCUT2D eigenvalue weighted by Crippen LogP contribution is -2.45. The van der Waals surface area contributed by atoms with Gasteiger partial charge in [0.1, 0.15) is 5.82 Å². The number of carbonyl (C=O) groups is 1. The molecule has 0 aliphatic carbocycles. The monoisotopic (exact) mass is 286 g/mol. The number of hydrogen-bond acceptors (Lipinski definition) is 3. The van der Waals surface area contributed by atoms with Gasteiger partial charge in [-0.25, -0.2) is 4.98 Å². The van der Waals surface area contributed by atoms with Crippen LogP contribution in [0.1, 0.15) is 34.6 Å². The minimum Gasteiger partial charge on any atom is -0.337 e. The fourth-order valence-corrected chi connectivity index (χ4v) is 3.19. The lowest BCUT2D eigenvalue weighted by molar-refractivity contribution is 0.0709. The van der Waals surface area contributed by atoms with Gasteiger partial charge in [-0.2, -0.15) is 0 Å². The second kappa shape index (κ2) is 5.15. The molecule has 0 saturated carbocycles. The Morgan fingerprint density at radius 1 is 1.38 bits per heavy atom. The zero-order chi connectivity index (χ0) is 15.1. The Morgan fingerprint density at radius 2 is 2.14 bits per heavy atom. The molecule has 1 aromatic carbocycles. The molecule has 1 fully saturated rings. The van der Waals surface area contributed by atoms with Gasteiger partial charge in [-0.05, 0) is 44.4 Å². The highest BCUT2D eigenvalue weighted by Crippen LogP contribution is 2.22. The van der Waals surface area contributed by atoms with Crippen molar-refractivity contribution in [2.24, 2.45) is 12.8 Å². The molecule has 0 bridgehead atoms. The van der Waals surface area contributed by atoms with E-state index in [0.717, 1.165) is 41.8 Å². The second-order valence-electron chi connectivity index (χ2n) is 6.03. The summed E-state index contributed by atoms with van der Waals surface area (Å²) < 4.78 is 2.07. The summed E-state index contributed by atoms with van der Waals surface area (Å²) in [6, 6.07) is 3.97. The van der Waals surface area contributed by atoms with Crippen molar-refractivity contribution in [3.63, 3.8) is 0 Å². The van der Waals surface area contributed by atoms with Gasteiger partial charge in [0.25, 0.3) is 5.91 Å². The molecule has 2 N–H and O–H groups in total. The van der Waals surface area contributed by atoms with Crippen LogP contribution in [0.3, 0.4) is 0 Å². The van der Waals surface area contributed by atoms with Crippen LogP contribution >= 0.6 is 0 Å². The molecule has 0 unspecified atom stereocenters. The molecule has 1 saturated heterocycles. The van der Waals surface area contributed by atoms with Crippen LogP contribution in [-0.4, -0.2) is 39.5 Å². The van der Waals surface area contributed by atoms with Gasteiger partial charge in [0.05, 0.1) is 11.0 Å². The van der Waals surface area contributed by atoms with E-state index in [4.69, 9.17) is 5.73 Å². The number of fused-ring (bicyclic) bond motifs is 1. The molecule has 0 radical (unpaired) electrons. The van der Waals surface area contributed by atoms with Crippen LogP contribution in [0.15, 0.2) is 12.1 Å². The van der Waals surface area contributed by atoms with E-state index in [1.165, 1.54) is 0 Å². The van der Waals surface area contributed by atoms with Crippen molar-refractivity contribution in [2.45, 2.75) is 32.7 Å². The number of rotatable bonds is 1. The topological polar surface area (TPSA) is 64.2 Å². The molecule has 1 aliphatic heterocycles. The molecule has 5 nitrogen and oxygen atoms in total. The molecular formula is C16H22N4O. The molecular weight excluding hydrogens is 264 g/mol. The largest absolute Gasteiger partial charge is 0.337 e. The van der Waals surface area contributed by atoms with Crippen LogP contribution < -0.4 is 5.73 Å². The second-order valence-corrected chi connectivity index (χ2v) is 6.03. The fraction of sp³-hybridized carbons (Fsp3) is 0.500. The third-order valence-electron chi connectivity index (χ3n) is 4.38. The van der Waals surface area contributed by atoms with E-state index < -0.39 is 0 Å². The van der Waals surface area contributed by atoms with Gasteiger partial charge in [-0.15, -0.1) is 0 Å². The maximum atomic E-state index is 12.7. The quantitative estimate of drug-likeness (QED) is 0.868. The Hall–Kier alpha value is -1.88. The van der Waals surface area contributed by atoms with Crippen molar-refractivity contribution < 1.29 is 4.79 Å². The minimum atomic E-state index is 0.0680. The molecule has 112 valence electrons. The molecule has 21 heavy (non-hydrogen) atoms. The van der Waals surface area contributed by atoms with Gasteiger partial charge in [0.15, 0.2) is 0 Å². The molecule has 1 aliphatic rings. The Labute approximate surface area is 124 Å². The fourth-order valence-electron chi connectivity index (χ4n) is 3.19. The van der Waals surface area contributed by atoms with E-state index >= 15 is 0 Å². The van der Waals surface area contributed by atoms with Crippen molar-refractivity contribution in [3.05, 3.63) is 29.1 Å². The normalized spacial score (nSPS) is 19.2. The molecule has 5 heteroatoms. The van der Waals surface area contributed by atoms with E-state index in [1.807, 2.05) is 37.9 Å². The van der Waals surface area contributed by atoms with Gasteiger partial charge in [0.2, 0.25) is 0 Å². The number of amides is 1. The standard InChI is InChI=1S/C16H22N4O/c1-10-7-12(8-14-15(10)19(3)11(2)18-14)16(21)20-6-4-5-13(17)9-20/h7-8,13H,4-6,9,17H2,1-3H3/t13-/m1/s1. The van der Waals surface area contributed by atoms with E-state index in [0.29, 0.717) is 12.1 Å². The van der Waals surface area contributed by atoms with E-state index in [1.54, 1.807) is 0 Å². The number of aryl methyl sites for hydroxylation is 3. The third kappa shape index (κ3) is 2.42. The number of imidazole rings is 1. The summed E-state index contributed by atoms with van der Waals surface area (Å²) >= 11 is 0. The zero-order valence-electron chi connectivity index (χ0n) is 12.9. The first-order valence-electron chi connectivity index (χ1n) is 7.46. The summed E-state index contributed by atoms with van der Waals surface area (Å²) in [5, 5.41) is 0. The average molecular weight is 286 g/mol. The number of benzene rings is 1. The van der Waals surface area contributed by atoms with E-state index in [9.17, 15) is 4.79 Å². The number of nitrogens with two attached hydrogens (primary N) is 1. The minimum absolute atomic E-state index is 0.0680. The van der Waals surface area contributed by atoms with Crippen LogP contribution in [-0.2, 0) is 7.05 Å². The molecule has 2 aromatic rings. The van der Waals surface area contributed by atoms with E-state index in [-0.39, 0.29) is 11.9 Å². The maximum Gasteiger partial charge on any atom is 0.253 e. The summed E-state index contributed by atoms with van der Waals surface area (Å²) in [6.45, 7) is 5.45. The Morgan fingerprint density at radius 3 is 2.86 bits per heavy atom. The first kappa shape index (κ1) is 14.1. The van der Waals surface area contributed by atoms with Gasteiger partial charge in [-0.1, -0.05) is 0 Å². The lowest BCUT2D eigenvalue weighted by Gasteiger charge is -2.30. The predicted molar refractivity (Wildman–Crippen MR) is 83.3 cm³/mol. The Bertz CT molecular complexity index is 704. The van der Waals surface area contributed by atoms with Crippen molar-refractivity contribution in [3.8, 4) is 0 Å². The maximum absolute atomic E-state index is 12.7. The van der Waals surface area contributed by atoms with Crippen LogP contribution in [0.4, 0.5) is 0 Å². The summed E-state index contributed by atoms with van der Waals surface area (Å²) in [7, 11) is 2.00. The summed E-state index contributed by atoms with van der Waals surface area (Å²) in [5.74, 6) is 1.02. The smallest absolute Gasteiger partial charge is 0.253 e. The Kier molecular flexibility index (Phi) is 3.45. The first-order chi connectivity index (χ1) is 9.97. The summed E-state index contributed by atoms with van der Waals surface area (Å²) in [4.78, 5) is 19.1. The lowest BCUT2D eigenvalue weighted by atomic mass is 10.0. The van der Waals surface area contributed by atoms with Crippen molar-refractivity contribution >= 4 is 16.9 Å². The highest BCUT2D eigenvalue weighted by molar-refractivity contribution is 5.98. The number of piperidine rings is 1. The first-order valence-corrected chi connectivity index (χ1v) is 7.46. The van der Waals surface area contributed by atoms with Crippen LogP contribution in [0.2, 0.25) is 0 Å².